The number of esters is 1. The van der Waals surface area contributed by atoms with Crippen LogP contribution in [0.15, 0.2) is 40.9 Å². The molecule has 0 bridgehead atoms. The van der Waals surface area contributed by atoms with E-state index in [4.69, 9.17) is 14.0 Å². The molecule has 0 aliphatic heterocycles. The minimum Gasteiger partial charge on any atom is -0.454 e. The Kier molecular flexibility index (Phi) is 7.55. The van der Waals surface area contributed by atoms with E-state index in [1.54, 1.807) is 20.8 Å². The molecule has 1 heterocycles. The first-order chi connectivity index (χ1) is 13.3. The SMILES string of the molecule is Cc1cc(NC(=O)COC(=O)[C@@H](NC(=O)OCc2ccccc2)C(C)C)no1. The van der Waals surface area contributed by atoms with E-state index in [2.05, 4.69) is 15.8 Å². The first-order valence-electron chi connectivity index (χ1n) is 8.72. The lowest BCUT2D eigenvalue weighted by molar-refractivity contribution is -0.150. The maximum Gasteiger partial charge on any atom is 0.408 e. The Morgan fingerprint density at radius 2 is 1.86 bits per heavy atom. The van der Waals surface area contributed by atoms with E-state index in [1.165, 1.54) is 6.07 Å². The van der Waals surface area contributed by atoms with Crippen molar-refractivity contribution in [1.82, 2.24) is 10.5 Å². The van der Waals surface area contributed by atoms with Crippen LogP contribution in [0.5, 0.6) is 0 Å². The van der Waals surface area contributed by atoms with Gasteiger partial charge in [-0.3, -0.25) is 4.79 Å². The van der Waals surface area contributed by atoms with E-state index in [0.29, 0.717) is 5.76 Å². The monoisotopic (exact) mass is 389 g/mol. The molecule has 0 saturated carbocycles. The van der Waals surface area contributed by atoms with Crippen LogP contribution in [-0.4, -0.2) is 35.8 Å². The number of carbonyl (C=O) groups is 3. The number of nitrogens with zero attached hydrogens (tertiary/aromatic N) is 1. The number of anilines is 1. The summed E-state index contributed by atoms with van der Waals surface area (Å²) in [5.74, 6) is -0.820. The van der Waals surface area contributed by atoms with Crippen molar-refractivity contribution >= 4 is 23.8 Å². The Morgan fingerprint density at radius 1 is 1.14 bits per heavy atom. The van der Waals surface area contributed by atoms with E-state index in [0.717, 1.165) is 5.56 Å². The minimum atomic E-state index is -0.953. The van der Waals surface area contributed by atoms with Gasteiger partial charge in [0.2, 0.25) is 0 Å². The number of amides is 2. The molecule has 9 nitrogen and oxygen atoms in total. The van der Waals surface area contributed by atoms with E-state index < -0.39 is 30.6 Å². The predicted octanol–water partition coefficient (Wildman–Crippen LogP) is 2.42. The maximum absolute atomic E-state index is 12.2. The quantitative estimate of drug-likeness (QED) is 0.665. The van der Waals surface area contributed by atoms with Gasteiger partial charge in [0.25, 0.3) is 5.91 Å². The molecule has 0 spiro atoms. The zero-order valence-electron chi connectivity index (χ0n) is 15.9. The molecular weight excluding hydrogens is 366 g/mol. The summed E-state index contributed by atoms with van der Waals surface area (Å²) in [7, 11) is 0. The van der Waals surface area contributed by atoms with Gasteiger partial charge in [-0.05, 0) is 18.4 Å². The normalized spacial score (nSPS) is 11.6. The van der Waals surface area contributed by atoms with Crippen LogP contribution in [0.4, 0.5) is 10.6 Å². The Labute approximate surface area is 162 Å². The standard InChI is InChI=1S/C19H23N3O6/c1-12(2)17(21-19(25)27-10-14-7-5-4-6-8-14)18(24)26-11-16(23)20-15-9-13(3)28-22-15/h4-9,12,17H,10-11H2,1-3H3,(H,21,25)(H,20,22,23)/t17-/m0/s1. The van der Waals surface area contributed by atoms with Crippen LogP contribution in [0.25, 0.3) is 0 Å². The average molecular weight is 389 g/mol. The third-order valence-corrected chi connectivity index (χ3v) is 3.65. The Bertz CT molecular complexity index is 803. The highest BCUT2D eigenvalue weighted by Crippen LogP contribution is 2.08. The average Bonchev–Trinajstić information content (AvgIpc) is 3.07. The lowest BCUT2D eigenvalue weighted by Gasteiger charge is -2.20. The fraction of sp³-hybridized carbons (Fsp3) is 0.368. The second-order valence-corrected chi connectivity index (χ2v) is 6.41. The zero-order valence-corrected chi connectivity index (χ0v) is 15.9. The number of aryl methyl sites for hydroxylation is 1. The van der Waals surface area contributed by atoms with Gasteiger partial charge in [0.05, 0.1) is 0 Å². The molecule has 28 heavy (non-hydrogen) atoms. The molecule has 1 aromatic carbocycles. The number of alkyl carbamates (subject to hydrolysis) is 1. The molecule has 2 amide bonds. The van der Waals surface area contributed by atoms with Crippen LogP contribution in [0.3, 0.4) is 0 Å². The minimum absolute atomic E-state index is 0.0755. The summed E-state index contributed by atoms with van der Waals surface area (Å²) in [5, 5.41) is 8.51. The smallest absolute Gasteiger partial charge is 0.408 e. The van der Waals surface area contributed by atoms with Crippen LogP contribution in [-0.2, 0) is 25.7 Å². The van der Waals surface area contributed by atoms with Gasteiger partial charge in [-0.25, -0.2) is 9.59 Å². The van der Waals surface area contributed by atoms with Crippen LogP contribution in [0.2, 0.25) is 0 Å². The van der Waals surface area contributed by atoms with Gasteiger partial charge < -0.3 is 24.6 Å². The lowest BCUT2D eigenvalue weighted by atomic mass is 10.1. The van der Waals surface area contributed by atoms with Gasteiger partial charge in [-0.2, -0.15) is 0 Å². The van der Waals surface area contributed by atoms with Crippen molar-refractivity contribution in [3.05, 3.63) is 47.7 Å². The Balaban J connectivity index is 1.80. The molecule has 0 saturated heterocycles. The molecule has 0 unspecified atom stereocenters. The Morgan fingerprint density at radius 3 is 2.46 bits per heavy atom. The highest BCUT2D eigenvalue weighted by molar-refractivity contribution is 5.92. The fourth-order valence-corrected chi connectivity index (χ4v) is 2.22. The molecule has 0 aliphatic rings. The summed E-state index contributed by atoms with van der Waals surface area (Å²) in [5.41, 5.74) is 0.820. The van der Waals surface area contributed by atoms with Gasteiger partial charge in [0.1, 0.15) is 18.4 Å². The molecule has 0 fully saturated rings. The molecule has 150 valence electrons. The van der Waals surface area contributed by atoms with Gasteiger partial charge in [-0.1, -0.05) is 49.3 Å². The zero-order chi connectivity index (χ0) is 20.5. The fourth-order valence-electron chi connectivity index (χ4n) is 2.22. The topological polar surface area (TPSA) is 120 Å². The second kappa shape index (κ2) is 10.1. The van der Waals surface area contributed by atoms with Crippen molar-refractivity contribution < 1.29 is 28.4 Å². The van der Waals surface area contributed by atoms with Gasteiger partial charge in [0.15, 0.2) is 12.4 Å². The van der Waals surface area contributed by atoms with Crippen LogP contribution < -0.4 is 10.6 Å². The van der Waals surface area contributed by atoms with Crippen LogP contribution in [0, 0.1) is 12.8 Å². The number of hydrogen-bond donors (Lipinski definition) is 2. The van der Waals surface area contributed by atoms with E-state index >= 15 is 0 Å². The first-order valence-corrected chi connectivity index (χ1v) is 8.72. The lowest BCUT2D eigenvalue weighted by Crippen LogP contribution is -2.46. The second-order valence-electron chi connectivity index (χ2n) is 6.41. The molecule has 9 heteroatoms. The summed E-state index contributed by atoms with van der Waals surface area (Å²) >= 11 is 0. The number of ether oxygens (including phenoxy) is 2. The molecule has 2 N–H and O–H groups in total. The first kappa shape index (κ1) is 20.9. The molecule has 0 radical (unpaired) electrons. The molecular formula is C19H23N3O6. The van der Waals surface area contributed by atoms with E-state index in [9.17, 15) is 14.4 Å². The summed E-state index contributed by atoms with van der Waals surface area (Å²) < 4.78 is 14.9. The van der Waals surface area contributed by atoms with Crippen molar-refractivity contribution in [2.45, 2.75) is 33.4 Å². The van der Waals surface area contributed by atoms with Crippen molar-refractivity contribution in [2.75, 3.05) is 11.9 Å². The third kappa shape index (κ3) is 6.75. The highest BCUT2D eigenvalue weighted by atomic mass is 16.6. The van der Waals surface area contributed by atoms with Crippen molar-refractivity contribution in [3.8, 4) is 0 Å². The predicted molar refractivity (Wildman–Crippen MR) is 99.2 cm³/mol. The molecule has 2 aromatic rings. The highest BCUT2D eigenvalue weighted by Gasteiger charge is 2.27. The number of carbonyl (C=O) groups excluding carboxylic acids is 3. The van der Waals surface area contributed by atoms with Crippen LogP contribution in [0.1, 0.15) is 25.2 Å². The molecule has 0 aliphatic carbocycles. The maximum atomic E-state index is 12.2. The number of benzene rings is 1. The Hall–Kier alpha value is -3.36. The van der Waals surface area contributed by atoms with Crippen molar-refractivity contribution in [2.24, 2.45) is 5.92 Å². The third-order valence-electron chi connectivity index (χ3n) is 3.65. The molecule has 2 rings (SSSR count). The number of rotatable bonds is 8. The largest absolute Gasteiger partial charge is 0.454 e. The number of aromatic nitrogens is 1. The van der Waals surface area contributed by atoms with Crippen molar-refractivity contribution in [3.63, 3.8) is 0 Å². The number of hydrogen-bond acceptors (Lipinski definition) is 7. The molecule has 1 aromatic heterocycles. The summed E-state index contributed by atoms with van der Waals surface area (Å²) in [6, 6.07) is 9.72. The van der Waals surface area contributed by atoms with Gasteiger partial charge in [-0.15, -0.1) is 0 Å². The van der Waals surface area contributed by atoms with Gasteiger partial charge in [0, 0.05) is 6.07 Å². The van der Waals surface area contributed by atoms with Gasteiger partial charge >= 0.3 is 12.1 Å². The summed E-state index contributed by atoms with van der Waals surface area (Å²) in [4.78, 5) is 36.0. The van der Waals surface area contributed by atoms with E-state index in [1.807, 2.05) is 30.3 Å². The van der Waals surface area contributed by atoms with Crippen molar-refractivity contribution in [1.29, 1.82) is 0 Å². The number of nitrogens with one attached hydrogen (secondary N) is 2. The summed E-state index contributed by atoms with van der Waals surface area (Å²) in [6.07, 6.45) is -0.748. The molecule has 1 atom stereocenters. The summed E-state index contributed by atoms with van der Waals surface area (Å²) in [6.45, 7) is 4.71. The van der Waals surface area contributed by atoms with E-state index in [-0.39, 0.29) is 18.3 Å². The van der Waals surface area contributed by atoms with Crippen LogP contribution >= 0.6 is 0 Å².